The molecule has 1 aromatic rings. The van der Waals surface area contributed by atoms with Crippen LogP contribution in [0.4, 0.5) is 13.2 Å². The van der Waals surface area contributed by atoms with Crippen LogP contribution in [0.15, 0.2) is 24.3 Å². The maximum Gasteiger partial charge on any atom is 0.573 e. The van der Waals surface area contributed by atoms with E-state index in [1.54, 1.807) is 0 Å². The third-order valence-corrected chi connectivity index (χ3v) is 9.77. The Bertz CT molecular complexity index is 1360. The maximum absolute atomic E-state index is 14.2. The molecule has 5 fully saturated rings. The minimum Gasteiger partial charge on any atom is -0.406 e. The third kappa shape index (κ3) is 7.70. The van der Waals surface area contributed by atoms with Crippen molar-refractivity contribution >= 4 is 23.6 Å². The number of alkyl halides is 3. The van der Waals surface area contributed by atoms with Gasteiger partial charge in [-0.3, -0.25) is 24.1 Å². The normalized spacial score (nSPS) is 32.6. The van der Waals surface area contributed by atoms with Crippen molar-refractivity contribution < 1.29 is 56.8 Å². The predicted octanol–water partition coefficient (Wildman–Crippen LogP) is -0.881. The highest BCUT2D eigenvalue weighted by Gasteiger charge is 2.47. The maximum atomic E-state index is 14.2. The number of amides is 4. The Hall–Kier alpha value is -3.51. The van der Waals surface area contributed by atoms with Gasteiger partial charge < -0.3 is 44.9 Å². The summed E-state index contributed by atoms with van der Waals surface area (Å²) in [6.07, 6.45) is -8.69. The second-order valence-electron chi connectivity index (χ2n) is 13.0. The van der Waals surface area contributed by atoms with Crippen molar-refractivity contribution in [3.63, 3.8) is 0 Å². The number of carbonyl (C=O) groups is 4. The molecule has 5 aliphatic rings. The number of rotatable bonds is 4. The van der Waals surface area contributed by atoms with Gasteiger partial charge >= 0.3 is 6.36 Å². The van der Waals surface area contributed by atoms with E-state index in [9.17, 15) is 42.6 Å². The number of nitrogens with one attached hydrogen (secondary N) is 2. The van der Waals surface area contributed by atoms with Crippen LogP contribution in [-0.2, 0) is 35.2 Å². The van der Waals surface area contributed by atoms with Crippen LogP contribution in [-0.4, -0.2) is 143 Å². The highest BCUT2D eigenvalue weighted by Crippen LogP contribution is 2.29. The van der Waals surface area contributed by atoms with Gasteiger partial charge in [-0.25, -0.2) is 0 Å². The molecule has 0 unspecified atom stereocenters. The lowest BCUT2D eigenvalue weighted by Gasteiger charge is -2.43. The summed E-state index contributed by atoms with van der Waals surface area (Å²) in [7, 11) is 0. The molecule has 0 aromatic heterocycles. The number of aliphatic hydroxyl groups excluding tert-OH is 2. The number of likely N-dealkylation sites (tertiary alicyclic amines) is 1. The first-order valence-electron chi connectivity index (χ1n) is 16.2. The topological polar surface area (TPSA) is 170 Å². The Morgan fingerprint density at radius 1 is 0.979 bits per heavy atom. The van der Waals surface area contributed by atoms with E-state index in [2.05, 4.69) is 15.4 Å². The van der Waals surface area contributed by atoms with Crippen molar-refractivity contribution in [2.24, 2.45) is 5.92 Å². The van der Waals surface area contributed by atoms with Gasteiger partial charge in [0.05, 0.1) is 25.1 Å². The minimum absolute atomic E-state index is 0.0935. The molecule has 5 saturated heterocycles. The molecule has 6 rings (SSSR count). The lowest BCUT2D eigenvalue weighted by Crippen LogP contribution is -2.64. The number of ether oxygens (including phenoxy) is 3. The Labute approximate surface area is 274 Å². The molecule has 6 bridgehead atoms. The number of fused-ring (bicyclic) bond motifs is 6. The zero-order valence-electron chi connectivity index (χ0n) is 26.1. The lowest BCUT2D eigenvalue weighted by molar-refractivity contribution is -0.274. The molecule has 7 atom stereocenters. The number of carbonyl (C=O) groups excluding carboxylic acids is 4. The summed E-state index contributed by atoms with van der Waals surface area (Å²) in [5.41, 5.74) is 0.604. The van der Waals surface area contributed by atoms with Gasteiger partial charge in [0.1, 0.15) is 30.1 Å². The summed E-state index contributed by atoms with van der Waals surface area (Å²) in [6, 6.07) is 3.01. The third-order valence-electron chi connectivity index (χ3n) is 9.77. The molecule has 0 radical (unpaired) electrons. The van der Waals surface area contributed by atoms with Crippen LogP contribution in [0.5, 0.6) is 5.75 Å². The van der Waals surface area contributed by atoms with E-state index >= 15 is 0 Å². The van der Waals surface area contributed by atoms with Crippen LogP contribution in [0, 0.1) is 5.92 Å². The second-order valence-corrected chi connectivity index (χ2v) is 13.0. The number of aliphatic hydroxyl groups is 2. The van der Waals surface area contributed by atoms with Gasteiger partial charge in [-0.1, -0.05) is 12.1 Å². The molecule has 14 nitrogen and oxygen atoms in total. The van der Waals surface area contributed by atoms with Crippen molar-refractivity contribution in [2.75, 3.05) is 45.9 Å². The number of piperazine rings is 1. The van der Waals surface area contributed by atoms with E-state index < -0.39 is 60.7 Å². The number of halogens is 3. The Morgan fingerprint density at radius 3 is 2.40 bits per heavy atom. The van der Waals surface area contributed by atoms with Gasteiger partial charge in [0.2, 0.25) is 23.6 Å². The molecule has 0 saturated carbocycles. The predicted molar refractivity (Wildman–Crippen MR) is 158 cm³/mol. The van der Waals surface area contributed by atoms with Crippen molar-refractivity contribution in [2.45, 2.75) is 81.1 Å². The first kappa shape index (κ1) is 34.4. The molecular weight excluding hydrogens is 643 g/mol. The molecular formula is C31H40F3N5O9. The van der Waals surface area contributed by atoms with Gasteiger partial charge in [-0.05, 0) is 37.0 Å². The molecule has 4 amide bonds. The standard InChI is InChI=1S/C31H40F3N5O9/c32-31(33,34)48-20-3-1-17(2-4-20)14-38-15-19-11-21(38)30(45)37-7-8-39(29(44)18-5-9-46-10-6-18)22(16-37)28(43)35-13-24-27(42)26(41)23(47-24)12-25(40)36-19/h1-4,18-19,21-24,26-27,41-42H,5-16H2,(H,35,43)(H,36,40)/t19-,21-,22-,23-,24+,26-,27+/m0/s1. The number of benzene rings is 1. The summed E-state index contributed by atoms with van der Waals surface area (Å²) >= 11 is 0. The summed E-state index contributed by atoms with van der Waals surface area (Å²) in [5, 5.41) is 26.9. The first-order valence-corrected chi connectivity index (χ1v) is 16.2. The molecule has 17 heteroatoms. The van der Waals surface area contributed by atoms with Crippen LogP contribution >= 0.6 is 0 Å². The average Bonchev–Trinajstić information content (AvgIpc) is 3.57. The largest absolute Gasteiger partial charge is 0.573 e. The summed E-state index contributed by atoms with van der Waals surface area (Å²) in [5.74, 6) is -2.22. The van der Waals surface area contributed by atoms with Crippen molar-refractivity contribution in [1.82, 2.24) is 25.3 Å². The molecule has 5 aliphatic heterocycles. The van der Waals surface area contributed by atoms with Crippen LogP contribution in [0.25, 0.3) is 0 Å². The smallest absolute Gasteiger partial charge is 0.406 e. The van der Waals surface area contributed by atoms with Gasteiger partial charge in [0.15, 0.2) is 0 Å². The molecule has 0 spiro atoms. The number of nitrogens with zero attached hydrogens (tertiary/aromatic N) is 3. The fraction of sp³-hybridized carbons (Fsp3) is 0.677. The highest BCUT2D eigenvalue weighted by molar-refractivity contribution is 5.91. The molecule has 4 N–H and O–H groups in total. The summed E-state index contributed by atoms with van der Waals surface area (Å²) in [6.45, 7) is 1.25. The van der Waals surface area contributed by atoms with Crippen LogP contribution < -0.4 is 15.4 Å². The van der Waals surface area contributed by atoms with Crippen LogP contribution in [0.2, 0.25) is 0 Å². The van der Waals surface area contributed by atoms with Gasteiger partial charge in [0, 0.05) is 57.9 Å². The average molecular weight is 684 g/mol. The van der Waals surface area contributed by atoms with E-state index in [4.69, 9.17) is 9.47 Å². The Balaban J connectivity index is 1.25. The summed E-state index contributed by atoms with van der Waals surface area (Å²) in [4.78, 5) is 59.4. The van der Waals surface area contributed by atoms with Crippen molar-refractivity contribution in [3.8, 4) is 5.75 Å². The SMILES string of the molecule is O=C1C[C@@H]2O[C@H](CNC(=O)[C@@H]3CN(CCN3C(=O)C3CCOCC3)C(=O)[C@@H]3C[C@@H](CN3Cc3ccc(OC(F)(F)F)cc3)N1)[C@@H](O)[C@H]2O. The van der Waals surface area contributed by atoms with E-state index in [0.29, 0.717) is 31.6 Å². The molecule has 48 heavy (non-hydrogen) atoms. The van der Waals surface area contributed by atoms with E-state index in [0.717, 1.165) is 0 Å². The lowest BCUT2D eigenvalue weighted by atomic mass is 9.96. The zero-order valence-corrected chi connectivity index (χ0v) is 26.1. The van der Waals surface area contributed by atoms with Crippen molar-refractivity contribution in [3.05, 3.63) is 29.8 Å². The molecule has 5 heterocycles. The molecule has 0 aliphatic carbocycles. The van der Waals surface area contributed by atoms with E-state index in [-0.39, 0.29) is 75.6 Å². The van der Waals surface area contributed by atoms with Crippen LogP contribution in [0.1, 0.15) is 31.2 Å². The van der Waals surface area contributed by atoms with Crippen molar-refractivity contribution in [1.29, 1.82) is 0 Å². The fourth-order valence-corrected chi connectivity index (χ4v) is 7.28. The van der Waals surface area contributed by atoms with E-state index in [1.807, 2.05) is 4.90 Å². The Kier molecular flexibility index (Phi) is 10.1. The second kappa shape index (κ2) is 14.2. The van der Waals surface area contributed by atoms with Gasteiger partial charge in [-0.15, -0.1) is 13.2 Å². The van der Waals surface area contributed by atoms with Crippen LogP contribution in [0.3, 0.4) is 0 Å². The van der Waals surface area contributed by atoms with Gasteiger partial charge in [0.25, 0.3) is 0 Å². The number of hydrogen-bond acceptors (Lipinski definition) is 10. The van der Waals surface area contributed by atoms with Gasteiger partial charge in [-0.2, -0.15) is 0 Å². The monoisotopic (exact) mass is 683 g/mol. The number of hydrogen-bond donors (Lipinski definition) is 4. The molecule has 264 valence electrons. The van der Waals surface area contributed by atoms with E-state index in [1.165, 1.54) is 34.1 Å². The molecule has 1 aromatic carbocycles. The zero-order chi connectivity index (χ0) is 34.2. The fourth-order valence-electron chi connectivity index (χ4n) is 7.28. The minimum atomic E-state index is -4.84. The highest BCUT2D eigenvalue weighted by atomic mass is 19.4. The first-order chi connectivity index (χ1) is 22.9. The summed E-state index contributed by atoms with van der Waals surface area (Å²) < 4.78 is 53.2. The Morgan fingerprint density at radius 2 is 1.69 bits per heavy atom. The quantitative estimate of drug-likeness (QED) is 0.313.